The van der Waals surface area contributed by atoms with Crippen molar-refractivity contribution < 1.29 is 9.59 Å². The third-order valence-corrected chi connectivity index (χ3v) is 6.73. The minimum atomic E-state index is 0.0398. The quantitative estimate of drug-likeness (QED) is 0.394. The molecule has 0 bridgehead atoms. The molecule has 0 saturated heterocycles. The van der Waals surface area contributed by atoms with Gasteiger partial charge in [0.25, 0.3) is 0 Å². The van der Waals surface area contributed by atoms with Crippen molar-refractivity contribution in [2.24, 2.45) is 0 Å². The Kier molecular flexibility index (Phi) is 4.58. The van der Waals surface area contributed by atoms with Crippen molar-refractivity contribution in [2.75, 3.05) is 0 Å². The number of carbonyl (C=O) groups excluding carboxylic acids is 2. The summed E-state index contributed by atoms with van der Waals surface area (Å²) in [5, 5.41) is 2.33. The van der Waals surface area contributed by atoms with Crippen molar-refractivity contribution >= 4 is 33.6 Å². The number of para-hydroxylation sites is 2. The summed E-state index contributed by atoms with van der Waals surface area (Å²) < 4.78 is 3.57. The van der Waals surface area contributed by atoms with Gasteiger partial charge in [-0.1, -0.05) is 49.2 Å². The minimum Gasteiger partial charge on any atom is -0.287 e. The lowest BCUT2D eigenvalue weighted by Crippen LogP contribution is -2.16. The Morgan fingerprint density at radius 3 is 1.50 bits per heavy atom. The van der Waals surface area contributed by atoms with Crippen molar-refractivity contribution in [1.29, 1.82) is 0 Å². The third-order valence-electron chi connectivity index (χ3n) is 6.73. The van der Waals surface area contributed by atoms with Gasteiger partial charge < -0.3 is 0 Å². The predicted octanol–water partition coefficient (Wildman–Crippen LogP) is 6.36. The standard InChI is InChI=1S/C26H26N2O2/c1-17(29)27-15-23(21-11-5-7-13-25(21)27)19-9-3-4-10-20(19)24-16-28(18(2)30)26-14-8-6-12-22(24)26/h5-8,11-16,19-20H,3-4,9-10H2,1-2H3/t19-,20-/m1/s1. The fourth-order valence-corrected chi connectivity index (χ4v) is 5.40. The average molecular weight is 399 g/mol. The van der Waals surface area contributed by atoms with Crippen molar-refractivity contribution in [2.45, 2.75) is 51.4 Å². The second kappa shape index (κ2) is 7.28. The summed E-state index contributed by atoms with van der Waals surface area (Å²) in [6.07, 6.45) is 8.67. The van der Waals surface area contributed by atoms with Gasteiger partial charge in [0.2, 0.25) is 11.8 Å². The first-order valence-corrected chi connectivity index (χ1v) is 10.8. The maximum Gasteiger partial charge on any atom is 0.227 e. The number of hydrogen-bond donors (Lipinski definition) is 0. The van der Waals surface area contributed by atoms with Crippen LogP contribution in [0, 0.1) is 0 Å². The molecule has 0 unspecified atom stereocenters. The number of rotatable bonds is 2. The number of nitrogens with zero attached hydrogens (tertiary/aromatic N) is 2. The van der Waals surface area contributed by atoms with Crippen LogP contribution in [0.15, 0.2) is 60.9 Å². The van der Waals surface area contributed by atoms with E-state index < -0.39 is 0 Å². The van der Waals surface area contributed by atoms with Gasteiger partial charge in [-0.25, -0.2) is 0 Å². The van der Waals surface area contributed by atoms with E-state index >= 15 is 0 Å². The molecule has 2 aromatic carbocycles. The van der Waals surface area contributed by atoms with Gasteiger partial charge in [-0.05, 0) is 47.9 Å². The van der Waals surface area contributed by atoms with E-state index in [1.165, 1.54) is 34.7 Å². The van der Waals surface area contributed by atoms with Crippen LogP contribution in [0.25, 0.3) is 21.8 Å². The number of aromatic nitrogens is 2. The average Bonchev–Trinajstić information content (AvgIpc) is 3.33. The van der Waals surface area contributed by atoms with E-state index in [2.05, 4.69) is 36.7 Å². The van der Waals surface area contributed by atoms with Crippen molar-refractivity contribution in [3.8, 4) is 0 Å². The second-order valence-electron chi connectivity index (χ2n) is 8.48. The highest BCUT2D eigenvalue weighted by Crippen LogP contribution is 2.48. The Balaban J connectivity index is 1.70. The first kappa shape index (κ1) is 18.9. The van der Waals surface area contributed by atoms with Crippen LogP contribution in [-0.2, 0) is 0 Å². The van der Waals surface area contributed by atoms with Crippen molar-refractivity contribution in [3.63, 3.8) is 0 Å². The summed E-state index contributed by atoms with van der Waals surface area (Å²) in [7, 11) is 0. The van der Waals surface area contributed by atoms with E-state index in [1.54, 1.807) is 23.0 Å². The Bertz CT molecular complexity index is 1180. The molecule has 1 saturated carbocycles. The zero-order valence-electron chi connectivity index (χ0n) is 17.5. The van der Waals surface area contributed by atoms with Crippen LogP contribution < -0.4 is 0 Å². The molecule has 2 aromatic heterocycles. The van der Waals surface area contributed by atoms with Crippen LogP contribution in [0.5, 0.6) is 0 Å². The van der Waals surface area contributed by atoms with E-state index in [9.17, 15) is 9.59 Å². The van der Waals surface area contributed by atoms with Crippen molar-refractivity contribution in [1.82, 2.24) is 9.13 Å². The van der Waals surface area contributed by atoms with Gasteiger partial charge >= 0.3 is 0 Å². The summed E-state index contributed by atoms with van der Waals surface area (Å²) in [5.74, 6) is 0.738. The van der Waals surface area contributed by atoms with Gasteiger partial charge in [0.1, 0.15) is 0 Å². The number of fused-ring (bicyclic) bond motifs is 2. The normalized spacial score (nSPS) is 19.4. The smallest absolute Gasteiger partial charge is 0.227 e. The zero-order valence-corrected chi connectivity index (χ0v) is 17.5. The lowest BCUT2D eigenvalue weighted by atomic mass is 9.72. The summed E-state index contributed by atoms with van der Waals surface area (Å²) in [6.45, 7) is 3.24. The van der Waals surface area contributed by atoms with Gasteiger partial charge in [0.05, 0.1) is 11.0 Å². The van der Waals surface area contributed by atoms with Crippen LogP contribution >= 0.6 is 0 Å². The van der Waals surface area contributed by atoms with Crippen LogP contribution in [0.2, 0.25) is 0 Å². The molecule has 5 rings (SSSR count). The largest absolute Gasteiger partial charge is 0.287 e. The molecule has 0 radical (unpaired) electrons. The molecule has 0 amide bonds. The molecule has 4 nitrogen and oxygen atoms in total. The van der Waals surface area contributed by atoms with Crippen LogP contribution in [0.1, 0.15) is 72.1 Å². The van der Waals surface area contributed by atoms with Gasteiger partial charge in [0, 0.05) is 37.0 Å². The first-order valence-electron chi connectivity index (χ1n) is 10.8. The molecular formula is C26H26N2O2. The van der Waals surface area contributed by atoms with E-state index in [0.29, 0.717) is 11.8 Å². The highest BCUT2D eigenvalue weighted by molar-refractivity contribution is 5.95. The molecule has 1 fully saturated rings. The lowest BCUT2D eigenvalue weighted by Gasteiger charge is -2.31. The fourth-order valence-electron chi connectivity index (χ4n) is 5.40. The molecule has 0 N–H and O–H groups in total. The fraction of sp³-hybridized carbons (Fsp3) is 0.308. The molecule has 0 aliphatic heterocycles. The summed E-state index contributed by atoms with van der Waals surface area (Å²) >= 11 is 0. The molecule has 30 heavy (non-hydrogen) atoms. The molecule has 1 aliphatic carbocycles. The topological polar surface area (TPSA) is 44.0 Å². The van der Waals surface area contributed by atoms with Crippen molar-refractivity contribution in [3.05, 3.63) is 72.1 Å². The molecule has 0 spiro atoms. The maximum absolute atomic E-state index is 12.3. The maximum atomic E-state index is 12.3. The number of carbonyl (C=O) groups is 2. The highest BCUT2D eigenvalue weighted by Gasteiger charge is 2.32. The van der Waals surface area contributed by atoms with Gasteiger partial charge in [-0.15, -0.1) is 0 Å². The Labute approximate surface area is 176 Å². The lowest BCUT2D eigenvalue weighted by molar-refractivity contribution is 0.0932. The molecule has 2 heterocycles. The highest BCUT2D eigenvalue weighted by atomic mass is 16.2. The van der Waals surface area contributed by atoms with E-state index in [4.69, 9.17) is 0 Å². The van der Waals surface area contributed by atoms with Gasteiger partial charge in [0.15, 0.2) is 0 Å². The van der Waals surface area contributed by atoms with Gasteiger partial charge in [-0.3, -0.25) is 18.7 Å². The Morgan fingerprint density at radius 2 is 1.10 bits per heavy atom. The third kappa shape index (κ3) is 2.90. The van der Waals surface area contributed by atoms with E-state index in [1.807, 2.05) is 24.3 Å². The van der Waals surface area contributed by atoms with E-state index in [-0.39, 0.29) is 11.8 Å². The molecule has 4 heteroatoms. The van der Waals surface area contributed by atoms with E-state index in [0.717, 1.165) is 23.9 Å². The monoisotopic (exact) mass is 398 g/mol. The second-order valence-corrected chi connectivity index (χ2v) is 8.48. The molecule has 2 atom stereocenters. The van der Waals surface area contributed by atoms with Crippen LogP contribution in [-0.4, -0.2) is 20.9 Å². The van der Waals surface area contributed by atoms with Crippen LogP contribution in [0.4, 0.5) is 0 Å². The Morgan fingerprint density at radius 1 is 0.700 bits per heavy atom. The summed E-state index contributed by atoms with van der Waals surface area (Å²) in [5.41, 5.74) is 4.47. The molecular weight excluding hydrogens is 372 g/mol. The minimum absolute atomic E-state index is 0.0398. The Hall–Kier alpha value is -3.14. The zero-order chi connectivity index (χ0) is 20.8. The molecule has 152 valence electrons. The number of hydrogen-bond acceptors (Lipinski definition) is 2. The molecule has 1 aliphatic rings. The SMILES string of the molecule is CC(=O)n1cc([C@@H]2CCCC[C@H]2c2cn(C(C)=O)c3ccccc23)c2ccccc21. The van der Waals surface area contributed by atoms with Gasteiger partial charge in [-0.2, -0.15) is 0 Å². The molecule has 4 aromatic rings. The first-order chi connectivity index (χ1) is 14.6. The summed E-state index contributed by atoms with van der Waals surface area (Å²) in [6, 6.07) is 16.4. The van der Waals surface area contributed by atoms with Crippen LogP contribution in [0.3, 0.4) is 0 Å². The summed E-state index contributed by atoms with van der Waals surface area (Å²) in [4.78, 5) is 24.6. The number of benzene rings is 2. The predicted molar refractivity (Wildman–Crippen MR) is 120 cm³/mol.